The molecule has 0 radical (unpaired) electrons. The van der Waals surface area contributed by atoms with Gasteiger partial charge in [-0.3, -0.25) is 19.7 Å². The maximum Gasteiger partial charge on any atom is 0.269 e. The lowest BCUT2D eigenvalue weighted by Crippen LogP contribution is -2.38. The third-order valence-corrected chi connectivity index (χ3v) is 6.46. The van der Waals surface area contributed by atoms with Gasteiger partial charge in [0.15, 0.2) is 6.61 Å². The van der Waals surface area contributed by atoms with Gasteiger partial charge in [0.2, 0.25) is 5.91 Å². The molecule has 1 aliphatic heterocycles. The number of likely N-dealkylation sites (tertiary alicyclic amines) is 1. The number of nitrogens with one attached hydrogen (secondary N) is 1. The molecule has 0 unspecified atom stereocenters. The Kier molecular flexibility index (Phi) is 6.39. The molecule has 0 spiro atoms. The van der Waals surface area contributed by atoms with Gasteiger partial charge < -0.3 is 15.0 Å². The van der Waals surface area contributed by atoms with Gasteiger partial charge in [0.1, 0.15) is 5.75 Å². The summed E-state index contributed by atoms with van der Waals surface area (Å²) in [5.74, 6) is 0.453. The van der Waals surface area contributed by atoms with Crippen molar-refractivity contribution in [2.24, 2.45) is 0 Å². The van der Waals surface area contributed by atoms with Crippen LogP contribution >= 0.6 is 0 Å². The summed E-state index contributed by atoms with van der Waals surface area (Å²) in [7, 11) is 0. The van der Waals surface area contributed by atoms with Gasteiger partial charge in [-0.25, -0.2) is 0 Å². The Morgan fingerprint density at radius 2 is 1.59 bits per heavy atom. The minimum Gasteiger partial charge on any atom is -0.484 e. The largest absolute Gasteiger partial charge is 0.484 e. The molecule has 2 fully saturated rings. The second-order valence-corrected chi connectivity index (χ2v) is 8.45. The molecule has 2 aromatic carbocycles. The second-order valence-electron chi connectivity index (χ2n) is 8.45. The van der Waals surface area contributed by atoms with Crippen molar-refractivity contribution >= 4 is 23.2 Å². The van der Waals surface area contributed by atoms with Crippen molar-refractivity contribution in [3.05, 3.63) is 64.2 Å². The van der Waals surface area contributed by atoms with Crippen LogP contribution in [-0.2, 0) is 15.0 Å². The van der Waals surface area contributed by atoms with E-state index in [1.54, 1.807) is 36.4 Å². The van der Waals surface area contributed by atoms with Crippen molar-refractivity contribution in [2.45, 2.75) is 43.9 Å². The van der Waals surface area contributed by atoms with Crippen molar-refractivity contribution in [1.82, 2.24) is 4.90 Å². The number of ether oxygens (including phenoxy) is 1. The molecule has 1 heterocycles. The summed E-state index contributed by atoms with van der Waals surface area (Å²) in [6.45, 7) is 1.60. The number of anilines is 1. The molecule has 1 aliphatic carbocycles. The molecule has 2 amide bonds. The van der Waals surface area contributed by atoms with Crippen LogP contribution in [0.3, 0.4) is 0 Å². The standard InChI is InChI=1S/C24H27N3O5/c28-22(26-15-3-4-16-26)17-32-21-11-7-19(8-12-21)25-23(29)24(13-1-2-14-24)18-5-9-20(10-6-18)27(30)31/h5-12H,1-4,13-17H2,(H,25,29). The first-order chi connectivity index (χ1) is 15.5. The molecule has 4 rings (SSSR count). The highest BCUT2D eigenvalue weighted by Crippen LogP contribution is 2.42. The Hall–Kier alpha value is -3.42. The molecule has 0 atom stereocenters. The Balaban J connectivity index is 1.40. The van der Waals surface area contributed by atoms with Crippen molar-refractivity contribution in [3.63, 3.8) is 0 Å². The van der Waals surface area contributed by atoms with E-state index in [1.165, 1.54) is 12.1 Å². The summed E-state index contributed by atoms with van der Waals surface area (Å²) in [6, 6.07) is 13.3. The Labute approximate surface area is 186 Å². The van der Waals surface area contributed by atoms with E-state index in [-0.39, 0.29) is 24.1 Å². The molecule has 0 aromatic heterocycles. The lowest BCUT2D eigenvalue weighted by atomic mass is 9.78. The molecule has 1 N–H and O–H groups in total. The van der Waals surface area contributed by atoms with E-state index < -0.39 is 10.3 Å². The molecular formula is C24H27N3O5. The highest BCUT2D eigenvalue weighted by Gasteiger charge is 2.42. The molecule has 2 aromatic rings. The van der Waals surface area contributed by atoms with Crippen LogP contribution in [0, 0.1) is 10.1 Å². The highest BCUT2D eigenvalue weighted by molar-refractivity contribution is 5.99. The van der Waals surface area contributed by atoms with Crippen LogP contribution in [0.15, 0.2) is 48.5 Å². The van der Waals surface area contributed by atoms with Gasteiger partial charge in [-0.2, -0.15) is 0 Å². The third-order valence-electron chi connectivity index (χ3n) is 6.46. The average molecular weight is 437 g/mol. The van der Waals surface area contributed by atoms with Crippen LogP contribution in [-0.4, -0.2) is 41.3 Å². The van der Waals surface area contributed by atoms with Gasteiger partial charge in [-0.1, -0.05) is 25.0 Å². The molecular weight excluding hydrogens is 410 g/mol. The van der Waals surface area contributed by atoms with Crippen LogP contribution in [0.4, 0.5) is 11.4 Å². The minimum absolute atomic E-state index is 0.00819. The average Bonchev–Trinajstić information content (AvgIpc) is 3.51. The van der Waals surface area contributed by atoms with E-state index in [4.69, 9.17) is 4.74 Å². The molecule has 32 heavy (non-hydrogen) atoms. The van der Waals surface area contributed by atoms with Gasteiger partial charge in [0.25, 0.3) is 11.6 Å². The lowest BCUT2D eigenvalue weighted by molar-refractivity contribution is -0.384. The number of nitro groups is 1. The van der Waals surface area contributed by atoms with Crippen LogP contribution in [0.5, 0.6) is 5.75 Å². The van der Waals surface area contributed by atoms with Crippen molar-refractivity contribution in [2.75, 3.05) is 25.0 Å². The van der Waals surface area contributed by atoms with E-state index in [0.29, 0.717) is 24.3 Å². The lowest BCUT2D eigenvalue weighted by Gasteiger charge is -2.28. The number of benzene rings is 2. The fourth-order valence-electron chi connectivity index (χ4n) is 4.62. The topological polar surface area (TPSA) is 102 Å². The number of carbonyl (C=O) groups excluding carboxylic acids is 2. The van der Waals surface area contributed by atoms with Crippen molar-refractivity contribution < 1.29 is 19.2 Å². The summed E-state index contributed by atoms with van der Waals surface area (Å²) >= 11 is 0. The number of non-ortho nitro benzene ring substituents is 1. The van der Waals surface area contributed by atoms with E-state index in [1.807, 2.05) is 4.90 Å². The number of rotatable bonds is 7. The molecule has 168 valence electrons. The SMILES string of the molecule is O=C(COc1ccc(NC(=O)C2(c3ccc([N+](=O)[O-])cc3)CCCC2)cc1)N1CCCC1. The summed E-state index contributed by atoms with van der Waals surface area (Å²) in [5.41, 5.74) is 0.771. The number of nitrogens with zero attached hydrogens (tertiary/aromatic N) is 2. The number of nitro benzene ring substituents is 1. The molecule has 1 saturated carbocycles. The van der Waals surface area contributed by atoms with E-state index in [9.17, 15) is 19.7 Å². The fourth-order valence-corrected chi connectivity index (χ4v) is 4.62. The molecule has 1 saturated heterocycles. The van der Waals surface area contributed by atoms with E-state index in [2.05, 4.69) is 5.32 Å². The fraction of sp³-hybridized carbons (Fsp3) is 0.417. The zero-order valence-electron chi connectivity index (χ0n) is 17.9. The predicted molar refractivity (Wildman–Crippen MR) is 120 cm³/mol. The summed E-state index contributed by atoms with van der Waals surface area (Å²) in [5, 5.41) is 14.0. The van der Waals surface area contributed by atoms with Gasteiger partial charge in [0.05, 0.1) is 10.3 Å². The minimum atomic E-state index is -0.688. The maximum absolute atomic E-state index is 13.3. The Bertz CT molecular complexity index is 976. The smallest absolute Gasteiger partial charge is 0.269 e. The second kappa shape index (κ2) is 9.38. The number of hydrogen-bond donors (Lipinski definition) is 1. The first-order valence-corrected chi connectivity index (χ1v) is 11.0. The van der Waals surface area contributed by atoms with E-state index in [0.717, 1.165) is 44.3 Å². The van der Waals surface area contributed by atoms with E-state index >= 15 is 0 Å². The molecule has 8 heteroatoms. The predicted octanol–water partition coefficient (Wildman–Crippen LogP) is 4.05. The normalized spacial score (nSPS) is 17.2. The summed E-state index contributed by atoms with van der Waals surface area (Å²) in [4.78, 5) is 37.7. The van der Waals surface area contributed by atoms with Gasteiger partial charge in [-0.05, 0) is 55.5 Å². The van der Waals surface area contributed by atoms with Crippen LogP contribution in [0.2, 0.25) is 0 Å². The number of amides is 2. The molecule has 2 aliphatic rings. The zero-order valence-corrected chi connectivity index (χ0v) is 17.9. The monoisotopic (exact) mass is 437 g/mol. The number of hydrogen-bond acceptors (Lipinski definition) is 5. The summed E-state index contributed by atoms with van der Waals surface area (Å²) in [6.07, 6.45) is 5.36. The third kappa shape index (κ3) is 4.59. The van der Waals surface area contributed by atoms with Gasteiger partial charge in [-0.15, -0.1) is 0 Å². The Morgan fingerprint density at radius 3 is 2.19 bits per heavy atom. The molecule has 8 nitrogen and oxygen atoms in total. The quantitative estimate of drug-likeness (QED) is 0.520. The van der Waals surface area contributed by atoms with Gasteiger partial charge >= 0.3 is 0 Å². The van der Waals surface area contributed by atoms with Crippen molar-refractivity contribution in [1.29, 1.82) is 0 Å². The van der Waals surface area contributed by atoms with Gasteiger partial charge in [0, 0.05) is 30.9 Å². The number of carbonyl (C=O) groups is 2. The van der Waals surface area contributed by atoms with Crippen LogP contribution in [0.25, 0.3) is 0 Å². The Morgan fingerprint density at radius 1 is 0.969 bits per heavy atom. The first kappa shape index (κ1) is 21.8. The van der Waals surface area contributed by atoms with Crippen LogP contribution in [0.1, 0.15) is 44.1 Å². The summed E-state index contributed by atoms with van der Waals surface area (Å²) < 4.78 is 5.60. The first-order valence-electron chi connectivity index (χ1n) is 11.0. The highest BCUT2D eigenvalue weighted by atomic mass is 16.6. The zero-order chi connectivity index (χ0) is 22.6. The molecule has 0 bridgehead atoms. The maximum atomic E-state index is 13.3. The van der Waals surface area contributed by atoms with Crippen LogP contribution < -0.4 is 10.1 Å². The van der Waals surface area contributed by atoms with Crippen molar-refractivity contribution in [3.8, 4) is 5.75 Å².